The number of carbonyl (C=O) groups excluding carboxylic acids is 1. The number of rotatable bonds is 10. The second-order valence-corrected chi connectivity index (χ2v) is 28.6. The van der Waals surface area contributed by atoms with Gasteiger partial charge < -0.3 is 19.7 Å². The standard InChI is InChI=1S/C40H71NO4Si2/c1-27(18-23-35(42)39(9,10)36(41)43)32-21-22-33-29(17-16-24-40(32,33)11)19-20-30-25-31(44-46(12,13)37(3,4)5)26-34(28(30)2)45-47(14,15)38(6,7)8/h18-20,23,27,31-35,42H,2,16-17,21-22,24-26H2,1,3-15H3,(H2,41,43)/t27-,31-,32-,33+,34+,35-,40-/m1/s1. The van der Waals surface area contributed by atoms with Crippen molar-refractivity contribution in [3.8, 4) is 0 Å². The largest absolute Gasteiger partial charge is 0.413 e. The third kappa shape index (κ3) is 8.73. The van der Waals surface area contributed by atoms with E-state index >= 15 is 0 Å². The molecule has 5 nitrogen and oxygen atoms in total. The number of hydrogen-bond acceptors (Lipinski definition) is 4. The van der Waals surface area contributed by atoms with Crippen LogP contribution in [0.25, 0.3) is 0 Å². The number of fused-ring (bicyclic) bond motifs is 1. The molecule has 0 aliphatic heterocycles. The molecule has 47 heavy (non-hydrogen) atoms. The molecule has 0 saturated heterocycles. The fourth-order valence-electron chi connectivity index (χ4n) is 7.71. The molecule has 7 atom stereocenters. The summed E-state index contributed by atoms with van der Waals surface area (Å²) in [7, 11) is -3.97. The van der Waals surface area contributed by atoms with Crippen molar-refractivity contribution >= 4 is 22.5 Å². The fraction of sp³-hybridized carbons (Fsp3) is 0.775. The van der Waals surface area contributed by atoms with E-state index in [1.54, 1.807) is 25.5 Å². The second-order valence-electron chi connectivity index (χ2n) is 19.1. The molecule has 3 rings (SSSR count). The van der Waals surface area contributed by atoms with Gasteiger partial charge in [0.15, 0.2) is 16.6 Å². The van der Waals surface area contributed by atoms with Gasteiger partial charge in [0.1, 0.15) is 0 Å². The predicted octanol–water partition coefficient (Wildman–Crippen LogP) is 10.3. The van der Waals surface area contributed by atoms with Gasteiger partial charge in [0.05, 0.1) is 23.7 Å². The summed E-state index contributed by atoms with van der Waals surface area (Å²) in [6.45, 7) is 36.2. The highest BCUT2D eigenvalue weighted by Crippen LogP contribution is 2.59. The second kappa shape index (κ2) is 14.2. The van der Waals surface area contributed by atoms with Gasteiger partial charge in [-0.1, -0.05) is 91.8 Å². The predicted molar refractivity (Wildman–Crippen MR) is 204 cm³/mol. The molecule has 0 spiro atoms. The van der Waals surface area contributed by atoms with E-state index in [4.69, 9.17) is 14.6 Å². The average Bonchev–Trinajstić information content (AvgIpc) is 3.28. The molecule has 1 amide bonds. The zero-order valence-corrected chi connectivity index (χ0v) is 34.7. The summed E-state index contributed by atoms with van der Waals surface area (Å²) in [5.41, 5.74) is 8.78. The zero-order valence-electron chi connectivity index (χ0n) is 32.7. The molecular weight excluding hydrogens is 615 g/mol. The Labute approximate surface area is 291 Å². The lowest BCUT2D eigenvalue weighted by atomic mass is 9.61. The molecule has 0 aromatic rings. The van der Waals surface area contributed by atoms with Crippen LogP contribution in [-0.4, -0.2) is 46.0 Å². The highest BCUT2D eigenvalue weighted by atomic mass is 28.4. The summed E-state index contributed by atoms with van der Waals surface area (Å²) in [6.07, 6.45) is 15.7. The Kier molecular flexibility index (Phi) is 12.1. The van der Waals surface area contributed by atoms with Crippen molar-refractivity contribution in [1.29, 1.82) is 0 Å². The Hall–Kier alpha value is -1.26. The maximum absolute atomic E-state index is 11.9. The van der Waals surface area contributed by atoms with Gasteiger partial charge >= 0.3 is 0 Å². The Morgan fingerprint density at radius 3 is 2.11 bits per heavy atom. The van der Waals surface area contributed by atoms with E-state index in [-0.39, 0.29) is 27.7 Å². The first-order chi connectivity index (χ1) is 21.2. The molecule has 3 N–H and O–H groups in total. The Morgan fingerprint density at radius 1 is 0.979 bits per heavy atom. The highest BCUT2D eigenvalue weighted by molar-refractivity contribution is 6.74. The number of allylic oxidation sites excluding steroid dienone is 4. The van der Waals surface area contributed by atoms with Crippen LogP contribution in [0.15, 0.2) is 47.6 Å². The minimum absolute atomic E-state index is 0.0147. The van der Waals surface area contributed by atoms with Crippen molar-refractivity contribution in [2.75, 3.05) is 0 Å². The molecule has 0 bridgehead atoms. The van der Waals surface area contributed by atoms with Gasteiger partial charge in [-0.15, -0.1) is 0 Å². The topological polar surface area (TPSA) is 81.8 Å². The lowest BCUT2D eigenvalue weighted by Gasteiger charge is -2.45. The van der Waals surface area contributed by atoms with Crippen molar-refractivity contribution in [3.63, 3.8) is 0 Å². The molecule has 7 heteroatoms. The molecule has 3 aliphatic rings. The van der Waals surface area contributed by atoms with Crippen LogP contribution in [0.5, 0.6) is 0 Å². The fourth-order valence-corrected chi connectivity index (χ4v) is 10.4. The van der Waals surface area contributed by atoms with E-state index in [2.05, 4.69) is 106 Å². The Morgan fingerprint density at radius 2 is 1.55 bits per heavy atom. The molecule has 3 fully saturated rings. The molecule has 0 aromatic heterocycles. The quantitative estimate of drug-likeness (QED) is 0.177. The average molecular weight is 686 g/mol. The number of amides is 1. The SMILES string of the molecule is C=C1C(=CC=C2CCC[C@]3(C)[C@@H]([C@H](C)C=C[C@@H](O)C(C)(C)C(N)=O)CC[C@@H]23)C[C@@H](O[Si](C)(C)C(C)(C)C)C[C@@H]1O[Si](C)(C)C(C)(C)C. The van der Waals surface area contributed by atoms with E-state index in [1.807, 2.05) is 0 Å². The molecule has 0 aromatic carbocycles. The van der Waals surface area contributed by atoms with Crippen LogP contribution >= 0.6 is 0 Å². The van der Waals surface area contributed by atoms with E-state index < -0.39 is 34.1 Å². The third-order valence-corrected chi connectivity index (χ3v) is 22.4. The maximum atomic E-state index is 11.9. The van der Waals surface area contributed by atoms with Crippen LogP contribution in [0, 0.1) is 28.6 Å². The third-order valence-electron chi connectivity index (χ3n) is 13.4. The van der Waals surface area contributed by atoms with Gasteiger partial charge in [0.25, 0.3) is 0 Å². The normalized spacial score (nSPS) is 31.4. The van der Waals surface area contributed by atoms with E-state index in [0.29, 0.717) is 17.8 Å². The van der Waals surface area contributed by atoms with Crippen LogP contribution in [-0.2, 0) is 13.6 Å². The minimum atomic E-state index is -2.01. The van der Waals surface area contributed by atoms with Gasteiger partial charge in [0.2, 0.25) is 5.91 Å². The van der Waals surface area contributed by atoms with Crippen molar-refractivity contribution < 1.29 is 18.8 Å². The van der Waals surface area contributed by atoms with Gasteiger partial charge in [0, 0.05) is 6.42 Å². The number of aliphatic hydroxyl groups excluding tert-OH is 1. The summed E-state index contributed by atoms with van der Waals surface area (Å²) < 4.78 is 14.1. The minimum Gasteiger partial charge on any atom is -0.413 e. The molecule has 3 aliphatic carbocycles. The zero-order chi connectivity index (χ0) is 36.0. The number of carbonyl (C=O) groups is 1. The first-order valence-corrected chi connectivity index (χ1v) is 24.2. The molecule has 3 saturated carbocycles. The molecule has 268 valence electrons. The number of nitrogens with two attached hydrogens (primary N) is 1. The Balaban J connectivity index is 1.89. The summed E-state index contributed by atoms with van der Waals surface area (Å²) in [6, 6.07) is 0. The number of primary amides is 1. The first-order valence-electron chi connectivity index (χ1n) is 18.4. The van der Waals surface area contributed by atoms with Crippen LogP contribution < -0.4 is 5.73 Å². The van der Waals surface area contributed by atoms with Crippen molar-refractivity contribution in [3.05, 3.63) is 47.6 Å². The van der Waals surface area contributed by atoms with Gasteiger partial charge in [-0.05, 0) is 123 Å². The van der Waals surface area contributed by atoms with Crippen LogP contribution in [0.1, 0.15) is 114 Å². The van der Waals surface area contributed by atoms with Gasteiger partial charge in [-0.2, -0.15) is 0 Å². The lowest BCUT2D eigenvalue weighted by molar-refractivity contribution is -0.130. The number of aliphatic hydroxyl groups is 1. The highest BCUT2D eigenvalue weighted by Gasteiger charge is 2.50. The Bertz CT molecular complexity index is 1250. The summed E-state index contributed by atoms with van der Waals surface area (Å²) in [5, 5.41) is 11.0. The van der Waals surface area contributed by atoms with Crippen molar-refractivity contribution in [1.82, 2.24) is 0 Å². The first kappa shape index (κ1) is 40.2. The summed E-state index contributed by atoms with van der Waals surface area (Å²) in [4.78, 5) is 11.9. The van der Waals surface area contributed by atoms with Gasteiger partial charge in [-0.3, -0.25) is 4.79 Å². The molecule has 0 radical (unpaired) electrons. The molecule has 0 heterocycles. The maximum Gasteiger partial charge on any atom is 0.226 e. The van der Waals surface area contributed by atoms with Crippen molar-refractivity contribution in [2.45, 2.75) is 169 Å². The monoisotopic (exact) mass is 685 g/mol. The lowest BCUT2D eigenvalue weighted by Crippen LogP contribution is -2.49. The van der Waals surface area contributed by atoms with E-state index in [1.165, 1.54) is 31.3 Å². The molecular formula is C40H71NO4Si2. The smallest absolute Gasteiger partial charge is 0.226 e. The van der Waals surface area contributed by atoms with Crippen LogP contribution in [0.4, 0.5) is 0 Å². The van der Waals surface area contributed by atoms with Crippen LogP contribution in [0.3, 0.4) is 0 Å². The van der Waals surface area contributed by atoms with E-state index in [9.17, 15) is 9.90 Å². The van der Waals surface area contributed by atoms with E-state index in [0.717, 1.165) is 24.8 Å². The summed E-state index contributed by atoms with van der Waals surface area (Å²) >= 11 is 0. The summed E-state index contributed by atoms with van der Waals surface area (Å²) in [5.74, 6) is 0.901. The number of hydrogen-bond donors (Lipinski definition) is 2. The van der Waals surface area contributed by atoms with Crippen LogP contribution in [0.2, 0.25) is 36.3 Å². The molecule has 0 unspecified atom stereocenters. The van der Waals surface area contributed by atoms with Gasteiger partial charge in [-0.25, -0.2) is 0 Å². The van der Waals surface area contributed by atoms with Crippen molar-refractivity contribution in [2.24, 2.45) is 34.3 Å².